The molecule has 0 saturated heterocycles. The lowest BCUT2D eigenvalue weighted by Crippen LogP contribution is -2.47. The molecule has 1 aromatic carbocycles. The number of anilines is 1. The Hall–Kier alpha value is -1.07. The zero-order valence-corrected chi connectivity index (χ0v) is 12.8. The van der Waals surface area contributed by atoms with E-state index in [4.69, 9.17) is 5.73 Å². The van der Waals surface area contributed by atoms with Crippen LogP contribution in [0.5, 0.6) is 0 Å². The van der Waals surface area contributed by atoms with Gasteiger partial charge >= 0.3 is 0 Å². The molecule has 0 aliphatic carbocycles. The molecule has 0 aliphatic rings. The van der Waals surface area contributed by atoms with E-state index in [2.05, 4.69) is 4.72 Å². The average Bonchev–Trinajstić information content (AvgIpc) is 2.35. The van der Waals surface area contributed by atoms with Crippen LogP contribution in [0.1, 0.15) is 45.6 Å². The van der Waals surface area contributed by atoms with Crippen LogP contribution >= 0.6 is 0 Å². The molecular formula is C14H24N2O2S. The Balaban J connectivity index is 2.87. The first kappa shape index (κ1) is 16.0. The van der Waals surface area contributed by atoms with Crippen molar-refractivity contribution in [3.05, 3.63) is 29.8 Å². The van der Waals surface area contributed by atoms with Crippen LogP contribution in [0, 0.1) is 0 Å². The Bertz CT molecular complexity index is 500. The number of hydrogen-bond donors (Lipinski definition) is 2. The molecule has 0 radical (unpaired) electrons. The second-order valence-electron chi connectivity index (χ2n) is 4.95. The molecule has 19 heavy (non-hydrogen) atoms. The van der Waals surface area contributed by atoms with Gasteiger partial charge in [0, 0.05) is 11.2 Å². The van der Waals surface area contributed by atoms with E-state index in [9.17, 15) is 8.42 Å². The summed E-state index contributed by atoms with van der Waals surface area (Å²) in [5.41, 5.74) is 6.63. The molecule has 0 spiro atoms. The van der Waals surface area contributed by atoms with Gasteiger partial charge in [0.25, 0.3) is 0 Å². The van der Waals surface area contributed by atoms with Crippen LogP contribution in [0.3, 0.4) is 0 Å². The van der Waals surface area contributed by atoms with Gasteiger partial charge in [-0.05, 0) is 37.0 Å². The maximum atomic E-state index is 12.3. The molecular weight excluding hydrogens is 260 g/mol. The van der Waals surface area contributed by atoms with Gasteiger partial charge in [-0.2, -0.15) is 0 Å². The quantitative estimate of drug-likeness (QED) is 0.756. The van der Waals surface area contributed by atoms with Gasteiger partial charge in [0.15, 0.2) is 0 Å². The first-order chi connectivity index (χ1) is 8.86. The van der Waals surface area contributed by atoms with Crippen LogP contribution in [0.2, 0.25) is 0 Å². The minimum atomic E-state index is -3.35. The van der Waals surface area contributed by atoms with Crippen LogP contribution in [0.15, 0.2) is 24.3 Å². The first-order valence-electron chi connectivity index (χ1n) is 6.72. The Morgan fingerprint density at radius 1 is 1.16 bits per heavy atom. The fraction of sp³-hybridized carbons (Fsp3) is 0.571. The summed E-state index contributed by atoms with van der Waals surface area (Å²) in [7, 11) is -3.35. The van der Waals surface area contributed by atoms with Crippen LogP contribution in [0.4, 0.5) is 5.69 Å². The third-order valence-corrected chi connectivity index (χ3v) is 5.17. The maximum absolute atomic E-state index is 12.3. The van der Waals surface area contributed by atoms with Crippen molar-refractivity contribution in [2.75, 3.05) is 5.73 Å². The van der Waals surface area contributed by atoms with E-state index in [1.54, 1.807) is 24.3 Å². The third-order valence-electron chi connectivity index (χ3n) is 3.71. The highest BCUT2D eigenvalue weighted by Gasteiger charge is 2.29. The fourth-order valence-corrected chi connectivity index (χ4v) is 4.02. The van der Waals surface area contributed by atoms with Crippen molar-refractivity contribution in [1.82, 2.24) is 4.72 Å². The van der Waals surface area contributed by atoms with Crippen molar-refractivity contribution in [2.24, 2.45) is 0 Å². The summed E-state index contributed by atoms with van der Waals surface area (Å²) in [6, 6.07) is 7.00. The number of rotatable bonds is 7. The highest BCUT2D eigenvalue weighted by Crippen LogP contribution is 2.21. The summed E-state index contributed by atoms with van der Waals surface area (Å²) in [5, 5.41) is 0. The van der Waals surface area contributed by atoms with E-state index in [0.717, 1.165) is 19.3 Å². The Morgan fingerprint density at radius 2 is 1.74 bits per heavy atom. The molecule has 1 aromatic rings. The molecule has 108 valence electrons. The largest absolute Gasteiger partial charge is 0.399 e. The Labute approximate surface area is 116 Å². The van der Waals surface area contributed by atoms with E-state index in [1.165, 1.54) is 0 Å². The molecule has 0 aliphatic heterocycles. The molecule has 0 aromatic heterocycles. The number of nitrogens with one attached hydrogen (secondary N) is 1. The van der Waals surface area contributed by atoms with Crippen LogP contribution in [-0.2, 0) is 15.8 Å². The maximum Gasteiger partial charge on any atom is 0.216 e. The predicted octanol–water partition coefficient (Wildman–Crippen LogP) is 2.66. The normalized spacial score (nSPS) is 12.6. The minimum absolute atomic E-state index is 0.0280. The van der Waals surface area contributed by atoms with E-state index >= 15 is 0 Å². The average molecular weight is 284 g/mol. The highest BCUT2D eigenvalue weighted by atomic mass is 32.2. The van der Waals surface area contributed by atoms with Gasteiger partial charge in [0.05, 0.1) is 5.75 Å². The highest BCUT2D eigenvalue weighted by molar-refractivity contribution is 7.88. The fourth-order valence-electron chi connectivity index (χ4n) is 2.23. The summed E-state index contributed by atoms with van der Waals surface area (Å²) in [5.74, 6) is -0.0280. The van der Waals surface area contributed by atoms with E-state index in [-0.39, 0.29) is 11.3 Å². The summed E-state index contributed by atoms with van der Waals surface area (Å²) >= 11 is 0. The van der Waals surface area contributed by atoms with Crippen molar-refractivity contribution < 1.29 is 8.42 Å². The molecule has 1 rings (SSSR count). The first-order valence-corrected chi connectivity index (χ1v) is 8.37. The minimum Gasteiger partial charge on any atom is -0.399 e. The standard InChI is InChI=1S/C14H24N2O2S/c1-4-14(5-2,6-3)16-19(17,18)11-12-8-7-9-13(15)10-12/h7-10,16H,4-6,11,15H2,1-3H3. The second-order valence-corrected chi connectivity index (χ2v) is 6.67. The molecule has 0 bridgehead atoms. The van der Waals surface area contributed by atoms with Crippen LogP contribution in [-0.4, -0.2) is 14.0 Å². The Morgan fingerprint density at radius 3 is 2.21 bits per heavy atom. The van der Waals surface area contributed by atoms with E-state index in [1.807, 2.05) is 20.8 Å². The van der Waals surface area contributed by atoms with E-state index < -0.39 is 10.0 Å². The molecule has 4 nitrogen and oxygen atoms in total. The van der Waals surface area contributed by atoms with Crippen molar-refractivity contribution >= 4 is 15.7 Å². The molecule has 3 N–H and O–H groups in total. The molecule has 0 heterocycles. The monoisotopic (exact) mass is 284 g/mol. The van der Waals surface area contributed by atoms with Gasteiger partial charge in [-0.15, -0.1) is 0 Å². The van der Waals surface area contributed by atoms with Gasteiger partial charge in [-0.25, -0.2) is 13.1 Å². The Kier molecular flexibility index (Phi) is 5.38. The summed E-state index contributed by atoms with van der Waals surface area (Å²) in [6.45, 7) is 6.03. The second kappa shape index (κ2) is 6.39. The van der Waals surface area contributed by atoms with Gasteiger partial charge in [0.1, 0.15) is 0 Å². The molecule has 0 fully saturated rings. The number of benzene rings is 1. The molecule has 0 amide bonds. The third kappa shape index (κ3) is 4.51. The van der Waals surface area contributed by atoms with Crippen LogP contribution < -0.4 is 10.5 Å². The smallest absolute Gasteiger partial charge is 0.216 e. The van der Waals surface area contributed by atoms with Gasteiger partial charge < -0.3 is 5.73 Å². The van der Waals surface area contributed by atoms with Gasteiger partial charge in [-0.1, -0.05) is 32.9 Å². The molecule has 5 heteroatoms. The summed E-state index contributed by atoms with van der Waals surface area (Å²) in [4.78, 5) is 0. The molecule has 0 unspecified atom stereocenters. The molecule has 0 saturated carbocycles. The SMILES string of the molecule is CCC(CC)(CC)NS(=O)(=O)Cc1cccc(N)c1. The van der Waals surface area contributed by atoms with Crippen molar-refractivity contribution in [3.8, 4) is 0 Å². The predicted molar refractivity (Wildman–Crippen MR) is 80.2 cm³/mol. The zero-order chi connectivity index (χ0) is 14.5. The number of hydrogen-bond acceptors (Lipinski definition) is 3. The number of sulfonamides is 1. The van der Waals surface area contributed by atoms with Gasteiger partial charge in [-0.3, -0.25) is 0 Å². The number of nitrogen functional groups attached to an aromatic ring is 1. The van der Waals surface area contributed by atoms with Crippen molar-refractivity contribution in [3.63, 3.8) is 0 Å². The van der Waals surface area contributed by atoms with Crippen molar-refractivity contribution in [1.29, 1.82) is 0 Å². The lowest BCUT2D eigenvalue weighted by Gasteiger charge is -2.31. The molecule has 0 atom stereocenters. The topological polar surface area (TPSA) is 72.2 Å². The zero-order valence-electron chi connectivity index (χ0n) is 11.9. The van der Waals surface area contributed by atoms with Crippen molar-refractivity contribution in [2.45, 2.75) is 51.3 Å². The lowest BCUT2D eigenvalue weighted by molar-refractivity contribution is 0.341. The lowest BCUT2D eigenvalue weighted by atomic mass is 9.91. The summed E-state index contributed by atoms with van der Waals surface area (Å²) in [6.07, 6.45) is 2.36. The van der Waals surface area contributed by atoms with E-state index in [0.29, 0.717) is 11.3 Å². The summed E-state index contributed by atoms with van der Waals surface area (Å²) < 4.78 is 27.4. The van der Waals surface area contributed by atoms with Crippen LogP contribution in [0.25, 0.3) is 0 Å². The van der Waals surface area contributed by atoms with Gasteiger partial charge in [0.2, 0.25) is 10.0 Å². The number of nitrogens with two attached hydrogens (primary N) is 1.